The maximum atomic E-state index is 12.5. The van der Waals surface area contributed by atoms with E-state index in [9.17, 15) is 9.90 Å². The third-order valence-electron chi connectivity index (χ3n) is 5.89. The van der Waals surface area contributed by atoms with E-state index in [1.807, 2.05) is 24.3 Å². The van der Waals surface area contributed by atoms with Gasteiger partial charge in [-0.2, -0.15) is 0 Å². The van der Waals surface area contributed by atoms with Gasteiger partial charge in [0, 0.05) is 19.2 Å². The summed E-state index contributed by atoms with van der Waals surface area (Å²) in [6, 6.07) is 13.1. The fourth-order valence-electron chi connectivity index (χ4n) is 4.24. The van der Waals surface area contributed by atoms with Gasteiger partial charge in [0.15, 0.2) is 5.78 Å². The number of carbonyl (C=O) groups is 1. The lowest BCUT2D eigenvalue weighted by atomic mass is 9.88. The first-order chi connectivity index (χ1) is 14.6. The minimum atomic E-state index is -0.650. The van der Waals surface area contributed by atoms with Gasteiger partial charge in [-0.15, -0.1) is 0 Å². The van der Waals surface area contributed by atoms with E-state index in [2.05, 4.69) is 5.32 Å². The van der Waals surface area contributed by atoms with Gasteiger partial charge in [-0.3, -0.25) is 4.79 Å². The fourth-order valence-corrected chi connectivity index (χ4v) is 4.24. The minimum absolute atomic E-state index is 0.146. The number of nitrogens with one attached hydrogen (secondary N) is 1. The quantitative estimate of drug-likeness (QED) is 0.692. The molecule has 6 nitrogen and oxygen atoms in total. The van der Waals surface area contributed by atoms with Crippen molar-refractivity contribution in [1.29, 1.82) is 0 Å². The van der Waals surface area contributed by atoms with Crippen LogP contribution in [0, 0.1) is 0 Å². The highest BCUT2D eigenvalue weighted by Crippen LogP contribution is 2.43. The summed E-state index contributed by atoms with van der Waals surface area (Å²) in [7, 11) is 1.64. The Bertz CT molecular complexity index is 874. The van der Waals surface area contributed by atoms with Crippen LogP contribution in [0.15, 0.2) is 42.5 Å². The second-order valence-corrected chi connectivity index (χ2v) is 8.19. The predicted molar refractivity (Wildman–Crippen MR) is 113 cm³/mol. The molecule has 0 aromatic heterocycles. The lowest BCUT2D eigenvalue weighted by Crippen LogP contribution is -2.39. The van der Waals surface area contributed by atoms with Crippen molar-refractivity contribution < 1.29 is 24.1 Å². The summed E-state index contributed by atoms with van der Waals surface area (Å²) in [6.45, 7) is 1.22. The van der Waals surface area contributed by atoms with Crippen LogP contribution in [0.25, 0.3) is 0 Å². The highest BCUT2D eigenvalue weighted by molar-refractivity contribution is 6.00. The normalized spacial score (nSPS) is 18.0. The van der Waals surface area contributed by atoms with E-state index in [-0.39, 0.29) is 18.0 Å². The van der Waals surface area contributed by atoms with Gasteiger partial charge in [0.05, 0.1) is 19.1 Å². The molecule has 4 rings (SSSR count). The number of fused-ring (bicyclic) bond motifs is 1. The van der Waals surface area contributed by atoms with Crippen molar-refractivity contribution in [2.75, 3.05) is 20.3 Å². The molecule has 1 spiro atoms. The average Bonchev–Trinajstić information content (AvgIpc) is 3.19. The molecule has 1 unspecified atom stereocenters. The Kier molecular flexibility index (Phi) is 6.25. The number of methoxy groups -OCH3 is 1. The lowest BCUT2D eigenvalue weighted by molar-refractivity contribution is 0.0446. The van der Waals surface area contributed by atoms with Gasteiger partial charge in [-0.05, 0) is 55.5 Å². The third-order valence-corrected chi connectivity index (χ3v) is 5.89. The topological polar surface area (TPSA) is 77.0 Å². The number of hydrogen-bond acceptors (Lipinski definition) is 6. The maximum Gasteiger partial charge on any atom is 0.170 e. The van der Waals surface area contributed by atoms with Gasteiger partial charge >= 0.3 is 0 Å². The van der Waals surface area contributed by atoms with Gasteiger partial charge in [0.1, 0.15) is 35.6 Å². The number of hydrogen-bond donors (Lipinski definition) is 2. The zero-order chi connectivity index (χ0) is 21.0. The molecule has 2 N–H and O–H groups in total. The van der Waals surface area contributed by atoms with Gasteiger partial charge in [0.2, 0.25) is 0 Å². The van der Waals surface area contributed by atoms with Crippen LogP contribution >= 0.6 is 0 Å². The van der Waals surface area contributed by atoms with Crippen molar-refractivity contribution in [2.45, 2.75) is 50.4 Å². The Balaban J connectivity index is 1.27. The standard InChI is InChI=1S/C24H29NO5/c1-28-19-6-4-17(5-7-19)14-25-15-18(26)16-29-20-8-9-21-22(27)13-24(10-2-3-11-24)30-23(21)12-20/h4-9,12,18,25-26H,2-3,10-11,13-16H2,1H3. The van der Waals surface area contributed by atoms with E-state index in [1.165, 1.54) is 0 Å². The highest BCUT2D eigenvalue weighted by Gasteiger charge is 2.42. The molecule has 1 aliphatic heterocycles. The van der Waals surface area contributed by atoms with Crippen LogP contribution in [0.1, 0.15) is 48.0 Å². The number of ketones is 1. The molecule has 0 bridgehead atoms. The number of rotatable bonds is 8. The fraction of sp³-hybridized carbons (Fsp3) is 0.458. The molecule has 1 atom stereocenters. The number of aliphatic hydroxyl groups excluding tert-OH is 1. The van der Waals surface area contributed by atoms with Crippen LogP contribution in [0.3, 0.4) is 0 Å². The Hall–Kier alpha value is -2.57. The maximum absolute atomic E-state index is 12.5. The van der Waals surface area contributed by atoms with E-state index in [0.717, 1.165) is 37.0 Å². The van der Waals surface area contributed by atoms with Crippen LogP contribution in [-0.4, -0.2) is 42.9 Å². The first kappa shape index (κ1) is 20.7. The van der Waals surface area contributed by atoms with Crippen LogP contribution in [0.2, 0.25) is 0 Å². The smallest absolute Gasteiger partial charge is 0.170 e. The third kappa shape index (κ3) is 4.77. The van der Waals surface area contributed by atoms with Gasteiger partial charge < -0.3 is 24.6 Å². The van der Waals surface area contributed by atoms with E-state index in [4.69, 9.17) is 14.2 Å². The molecule has 0 radical (unpaired) electrons. The Morgan fingerprint density at radius 3 is 2.60 bits per heavy atom. The minimum Gasteiger partial charge on any atom is -0.497 e. The number of aliphatic hydroxyl groups is 1. The molecule has 1 heterocycles. The molecule has 1 fully saturated rings. The van der Waals surface area contributed by atoms with Crippen LogP contribution in [-0.2, 0) is 6.54 Å². The number of benzene rings is 2. The zero-order valence-electron chi connectivity index (χ0n) is 17.4. The molecule has 0 amide bonds. The van der Waals surface area contributed by atoms with Crippen LogP contribution < -0.4 is 19.5 Å². The summed E-state index contributed by atoms with van der Waals surface area (Å²) in [5, 5.41) is 13.4. The predicted octanol–water partition coefficient (Wildman–Crippen LogP) is 3.50. The van der Waals surface area contributed by atoms with Crippen LogP contribution in [0.4, 0.5) is 0 Å². The molecule has 1 aliphatic carbocycles. The molecular weight excluding hydrogens is 382 g/mol. The molecule has 30 heavy (non-hydrogen) atoms. The van der Waals surface area contributed by atoms with Crippen molar-refractivity contribution in [3.63, 3.8) is 0 Å². The zero-order valence-corrected chi connectivity index (χ0v) is 17.4. The Morgan fingerprint density at radius 2 is 1.87 bits per heavy atom. The first-order valence-corrected chi connectivity index (χ1v) is 10.6. The van der Waals surface area contributed by atoms with E-state index >= 15 is 0 Å². The van der Waals surface area contributed by atoms with E-state index in [1.54, 1.807) is 25.3 Å². The van der Waals surface area contributed by atoms with E-state index < -0.39 is 6.10 Å². The van der Waals surface area contributed by atoms with Crippen molar-refractivity contribution in [3.05, 3.63) is 53.6 Å². The first-order valence-electron chi connectivity index (χ1n) is 10.6. The second kappa shape index (κ2) is 9.06. The molecule has 6 heteroatoms. The SMILES string of the molecule is COc1ccc(CNCC(O)COc2ccc3c(c2)OC2(CCCC2)CC3=O)cc1. The van der Waals surface area contributed by atoms with Gasteiger partial charge in [-0.1, -0.05) is 12.1 Å². The molecule has 160 valence electrons. The van der Waals surface area contributed by atoms with Crippen LogP contribution in [0.5, 0.6) is 17.2 Å². The molecule has 2 aromatic rings. The van der Waals surface area contributed by atoms with Crippen molar-refractivity contribution >= 4 is 5.78 Å². The summed E-state index contributed by atoms with van der Waals surface area (Å²) in [5.41, 5.74) is 1.41. The average molecular weight is 411 g/mol. The number of ether oxygens (including phenoxy) is 3. The second-order valence-electron chi connectivity index (χ2n) is 8.19. The summed E-state index contributed by atoms with van der Waals surface area (Å²) < 4.78 is 17.1. The van der Waals surface area contributed by atoms with Gasteiger partial charge in [0.25, 0.3) is 0 Å². The molecule has 0 saturated heterocycles. The lowest BCUT2D eigenvalue weighted by Gasteiger charge is -2.34. The van der Waals surface area contributed by atoms with Crippen molar-refractivity contribution in [2.24, 2.45) is 0 Å². The summed E-state index contributed by atoms with van der Waals surface area (Å²) in [6.07, 6.45) is 3.90. The summed E-state index contributed by atoms with van der Waals surface area (Å²) >= 11 is 0. The largest absolute Gasteiger partial charge is 0.497 e. The Labute approximate surface area is 177 Å². The number of carbonyl (C=O) groups excluding carboxylic acids is 1. The molecule has 1 saturated carbocycles. The summed E-state index contributed by atoms with van der Waals surface area (Å²) in [4.78, 5) is 12.5. The van der Waals surface area contributed by atoms with Crippen molar-refractivity contribution in [3.8, 4) is 17.2 Å². The molecular formula is C24H29NO5. The molecule has 2 aromatic carbocycles. The monoisotopic (exact) mass is 411 g/mol. The summed E-state index contributed by atoms with van der Waals surface area (Å²) in [5.74, 6) is 2.18. The number of Topliss-reactive ketones (excluding diaryl/α,β-unsaturated/α-hetero) is 1. The van der Waals surface area contributed by atoms with Gasteiger partial charge in [-0.25, -0.2) is 0 Å². The molecule has 2 aliphatic rings. The highest BCUT2D eigenvalue weighted by atomic mass is 16.5. The van der Waals surface area contributed by atoms with Crippen molar-refractivity contribution in [1.82, 2.24) is 5.32 Å². The Morgan fingerprint density at radius 1 is 1.13 bits per heavy atom. The van der Waals surface area contributed by atoms with E-state index in [0.29, 0.717) is 36.6 Å².